The number of carboxylic acids is 1. The number of aliphatic hydroxyl groups excluding tert-OH is 2. The van der Waals surface area contributed by atoms with Crippen LogP contribution >= 0.6 is 0 Å². The number of carboxylic acid groups (broad SMARTS) is 1. The van der Waals surface area contributed by atoms with E-state index in [1.54, 1.807) is 19.1 Å². The molecule has 0 radical (unpaired) electrons. The van der Waals surface area contributed by atoms with Gasteiger partial charge in [-0.3, -0.25) is 24.2 Å². The second-order valence-electron chi connectivity index (χ2n) is 16.1. The lowest BCUT2D eigenvalue weighted by Crippen LogP contribution is -2.53. The molecule has 0 amide bonds. The molecule has 5 rings (SSSR count). The lowest BCUT2D eigenvalue weighted by molar-refractivity contribution is -0.237. The van der Waals surface area contributed by atoms with E-state index in [-0.39, 0.29) is 78.0 Å². The molecule has 2 aromatic carbocycles. The fraction of sp³-hybridized carbons (Fsp3) is 0.614. The maximum Gasteiger partial charge on any atom is 0.303 e. The number of hydrogen-bond donors (Lipinski definition) is 6. The Kier molecular flexibility index (Phi) is 15.9. The van der Waals surface area contributed by atoms with Gasteiger partial charge in [-0.1, -0.05) is 101 Å². The molecule has 0 spiro atoms. The molecule has 3 aliphatic rings. The Bertz CT molecular complexity index is 1790. The van der Waals surface area contributed by atoms with Gasteiger partial charge < -0.3 is 40.7 Å². The zero-order valence-electron chi connectivity index (χ0n) is 33.2. The third-order valence-corrected chi connectivity index (χ3v) is 11.8. The third-order valence-electron chi connectivity index (χ3n) is 11.8. The van der Waals surface area contributed by atoms with Crippen molar-refractivity contribution in [2.24, 2.45) is 10.7 Å². The molecule has 1 aliphatic heterocycles. The average Bonchev–Trinajstić information content (AvgIpc) is 3.18. The van der Waals surface area contributed by atoms with Gasteiger partial charge in [0, 0.05) is 53.6 Å². The molecule has 5 atom stereocenters. The predicted molar refractivity (Wildman–Crippen MR) is 213 cm³/mol. The highest BCUT2D eigenvalue weighted by atomic mass is 16.7. The van der Waals surface area contributed by atoms with Crippen LogP contribution in [0.4, 0.5) is 0 Å². The number of hydrogen-bond acceptors (Lipinski definition) is 12. The maximum atomic E-state index is 13.7. The van der Waals surface area contributed by atoms with E-state index in [9.17, 15) is 39.6 Å². The van der Waals surface area contributed by atoms with Crippen LogP contribution in [0.3, 0.4) is 0 Å². The van der Waals surface area contributed by atoms with Crippen molar-refractivity contribution in [1.82, 2.24) is 0 Å². The van der Waals surface area contributed by atoms with Crippen molar-refractivity contribution < 1.29 is 54.2 Å². The first-order valence-corrected chi connectivity index (χ1v) is 20.8. The molecule has 0 saturated carbocycles. The van der Waals surface area contributed by atoms with Gasteiger partial charge in [0.15, 0.2) is 23.6 Å². The van der Waals surface area contributed by atoms with Gasteiger partial charge in [0.2, 0.25) is 0 Å². The van der Waals surface area contributed by atoms with E-state index in [1.165, 1.54) is 57.1 Å². The van der Waals surface area contributed by atoms with Crippen LogP contribution in [0.5, 0.6) is 11.5 Å². The van der Waals surface area contributed by atoms with Crippen molar-refractivity contribution in [3.8, 4) is 11.5 Å². The topological polar surface area (TPSA) is 226 Å². The number of phenols is 2. The number of aromatic hydroxyl groups is 2. The second kappa shape index (κ2) is 20.6. The summed E-state index contributed by atoms with van der Waals surface area (Å²) in [7, 11) is 0. The summed E-state index contributed by atoms with van der Waals surface area (Å²) in [5, 5.41) is 52.4. The average molecular weight is 793 g/mol. The highest BCUT2D eigenvalue weighted by Crippen LogP contribution is 2.51. The van der Waals surface area contributed by atoms with E-state index in [4.69, 9.17) is 20.3 Å². The summed E-state index contributed by atoms with van der Waals surface area (Å²) in [6.07, 6.45) is 11.4. The summed E-state index contributed by atoms with van der Waals surface area (Å²) in [6.45, 7) is 1.42. The smallest absolute Gasteiger partial charge is 0.303 e. The first kappa shape index (κ1) is 44.1. The second-order valence-corrected chi connectivity index (χ2v) is 16.1. The molecular formula is C44H60N2O11. The Morgan fingerprint density at radius 2 is 1.32 bits per heavy atom. The molecule has 13 nitrogen and oxygen atoms in total. The number of ether oxygens (including phenoxy) is 2. The van der Waals surface area contributed by atoms with Crippen molar-refractivity contribution >= 4 is 29.0 Å². The lowest BCUT2D eigenvalue weighted by Gasteiger charge is -2.42. The number of Topliss-reactive ketones (excluding diaryl/α,β-unsaturated/α-hetero) is 1. The quantitative estimate of drug-likeness (QED) is 0.0369. The van der Waals surface area contributed by atoms with E-state index >= 15 is 0 Å². The first-order valence-electron chi connectivity index (χ1n) is 20.8. The standard InChI is InChI=1S/C44H60N2O11/c1-27(46-25-28(47)18-14-12-10-8-6-4-2-3-5-7-9-11-13-15-21-35(50)51)44(45)23-31-37(34(24-44)57-36-22-32(48)33(49)26-56-36)43(55)39-38(42(31)54)40(52)29-19-16-17-20-30(29)41(39)53/h16-17,19-20,32-34,36,48-49,54-55H,2-15,18,21-26,45H2,1H3,(H,50,51)/t32-,33+,34-,36-,44-/m0/s1. The van der Waals surface area contributed by atoms with Gasteiger partial charge in [0.05, 0.1) is 42.0 Å². The Morgan fingerprint density at radius 3 is 1.84 bits per heavy atom. The van der Waals surface area contributed by atoms with E-state index < -0.39 is 59.2 Å². The summed E-state index contributed by atoms with van der Waals surface area (Å²) in [6, 6.07) is 6.20. The minimum Gasteiger partial charge on any atom is -0.507 e. The van der Waals surface area contributed by atoms with Crippen LogP contribution in [0.2, 0.25) is 0 Å². The molecule has 1 fully saturated rings. The number of benzene rings is 2. The number of rotatable bonds is 22. The van der Waals surface area contributed by atoms with Gasteiger partial charge in [-0.05, 0) is 26.2 Å². The number of carbonyl (C=O) groups is 4. The van der Waals surface area contributed by atoms with E-state index in [0.29, 0.717) is 12.1 Å². The summed E-state index contributed by atoms with van der Waals surface area (Å²) in [4.78, 5) is 55.4. The monoisotopic (exact) mass is 792 g/mol. The van der Waals surface area contributed by atoms with Crippen LogP contribution in [0.25, 0.3) is 0 Å². The zero-order valence-corrected chi connectivity index (χ0v) is 33.2. The van der Waals surface area contributed by atoms with E-state index in [1.807, 2.05) is 0 Å². The van der Waals surface area contributed by atoms with Gasteiger partial charge in [0.25, 0.3) is 0 Å². The number of aliphatic imine (C=N–C) groups is 1. The predicted octanol–water partition coefficient (Wildman–Crippen LogP) is 6.40. The molecule has 1 heterocycles. The van der Waals surface area contributed by atoms with Crippen molar-refractivity contribution in [1.29, 1.82) is 0 Å². The van der Waals surface area contributed by atoms with Crippen LogP contribution in [0.15, 0.2) is 29.3 Å². The summed E-state index contributed by atoms with van der Waals surface area (Å²) >= 11 is 0. The lowest BCUT2D eigenvalue weighted by atomic mass is 9.70. The molecule has 13 heteroatoms. The normalized spacial score (nSPS) is 23.2. The fourth-order valence-electron chi connectivity index (χ4n) is 8.30. The molecule has 2 aromatic rings. The Labute approximate surface area is 334 Å². The Morgan fingerprint density at radius 1 is 0.807 bits per heavy atom. The molecular weight excluding hydrogens is 732 g/mol. The van der Waals surface area contributed by atoms with Crippen molar-refractivity contribution in [2.45, 2.75) is 159 Å². The minimum absolute atomic E-state index is 0.00270. The Hall–Kier alpha value is -4.01. The van der Waals surface area contributed by atoms with Gasteiger partial charge in [0.1, 0.15) is 17.6 Å². The number of fused-ring (bicyclic) bond motifs is 3. The van der Waals surface area contributed by atoms with Gasteiger partial charge >= 0.3 is 5.97 Å². The van der Waals surface area contributed by atoms with Crippen LogP contribution < -0.4 is 5.73 Å². The number of unbranched alkanes of at least 4 members (excludes halogenated alkanes) is 13. The SMILES string of the molecule is CC(=NCC(=O)CCCCCCCCCCCCCCCCC(=O)O)[C@]1(N)Cc2c(O)c3c(c(O)c2[C@@H](O[C@H]2C[C@H](O)[C@H](O)CO2)C1)C(=O)c1ccccc1C3=O. The molecule has 1 saturated heterocycles. The van der Waals surface area contributed by atoms with E-state index in [0.717, 1.165) is 44.9 Å². The minimum atomic E-state index is -1.30. The number of ketones is 3. The number of aliphatic carboxylic acids is 1. The summed E-state index contributed by atoms with van der Waals surface area (Å²) < 4.78 is 11.9. The highest BCUT2D eigenvalue weighted by molar-refractivity contribution is 6.30. The molecule has 0 unspecified atom stereocenters. The van der Waals surface area contributed by atoms with Crippen LogP contribution in [0.1, 0.15) is 172 Å². The molecule has 0 bridgehead atoms. The van der Waals surface area contributed by atoms with Crippen LogP contribution in [-0.2, 0) is 25.5 Å². The van der Waals surface area contributed by atoms with Crippen molar-refractivity contribution in [2.75, 3.05) is 13.2 Å². The number of nitrogens with zero attached hydrogens (tertiary/aromatic N) is 1. The van der Waals surface area contributed by atoms with Gasteiger partial charge in [-0.15, -0.1) is 0 Å². The van der Waals surface area contributed by atoms with Crippen LogP contribution in [0, 0.1) is 0 Å². The number of phenolic OH excluding ortho intramolecular Hbond substituents is 2. The summed E-state index contributed by atoms with van der Waals surface area (Å²) in [5.74, 6) is -2.97. The van der Waals surface area contributed by atoms with Crippen LogP contribution in [-0.4, -0.2) is 91.8 Å². The zero-order chi connectivity index (χ0) is 41.1. The largest absolute Gasteiger partial charge is 0.507 e. The molecule has 7 N–H and O–H groups in total. The number of aliphatic hydroxyl groups is 2. The number of carbonyl (C=O) groups excluding carboxylic acids is 3. The first-order chi connectivity index (χ1) is 27.3. The molecule has 312 valence electrons. The Balaban J connectivity index is 1.15. The fourth-order valence-corrected chi connectivity index (χ4v) is 8.30. The highest BCUT2D eigenvalue weighted by Gasteiger charge is 2.47. The van der Waals surface area contributed by atoms with E-state index in [2.05, 4.69) is 4.99 Å². The van der Waals surface area contributed by atoms with Gasteiger partial charge in [-0.25, -0.2) is 0 Å². The summed E-state index contributed by atoms with van der Waals surface area (Å²) in [5.41, 5.74) is 5.89. The van der Waals surface area contributed by atoms with Gasteiger partial charge in [-0.2, -0.15) is 0 Å². The molecule has 2 aliphatic carbocycles. The molecule has 0 aromatic heterocycles. The third kappa shape index (κ3) is 11.1. The number of nitrogens with two attached hydrogens (primary N) is 1. The molecule has 57 heavy (non-hydrogen) atoms. The van der Waals surface area contributed by atoms with Crippen molar-refractivity contribution in [3.63, 3.8) is 0 Å². The van der Waals surface area contributed by atoms with Crippen molar-refractivity contribution in [3.05, 3.63) is 57.6 Å². The maximum absolute atomic E-state index is 13.7.